The van der Waals surface area contributed by atoms with Crippen LogP contribution in [0, 0.1) is 0 Å². The van der Waals surface area contributed by atoms with Gasteiger partial charge in [0.25, 0.3) is 0 Å². The van der Waals surface area contributed by atoms with Gasteiger partial charge < -0.3 is 10.4 Å². The third kappa shape index (κ3) is 3.19. The largest absolute Gasteiger partial charge is 0.508 e. The Bertz CT molecular complexity index is 552. The van der Waals surface area contributed by atoms with Gasteiger partial charge in [0.15, 0.2) is 0 Å². The Morgan fingerprint density at radius 1 is 1.11 bits per heavy atom. The zero-order chi connectivity index (χ0) is 13.1. The second kappa shape index (κ2) is 5.95. The molecule has 0 heterocycles. The van der Waals surface area contributed by atoms with E-state index in [-0.39, 0.29) is 5.75 Å². The number of para-hydroxylation sites is 1. The van der Waals surface area contributed by atoms with Gasteiger partial charge in [0, 0.05) is 26.1 Å². The predicted octanol–water partition coefficient (Wildman–Crippen LogP) is 5.18. The molecule has 0 fully saturated rings. The van der Waals surface area contributed by atoms with Crippen molar-refractivity contribution in [2.24, 2.45) is 0 Å². The summed E-state index contributed by atoms with van der Waals surface area (Å²) < 4.78 is 1.74. The van der Waals surface area contributed by atoms with Gasteiger partial charge in [0.1, 0.15) is 5.75 Å². The lowest BCUT2D eigenvalue weighted by atomic mass is 10.2. The number of hydrogen-bond donors (Lipinski definition) is 2. The third-order valence-electron chi connectivity index (χ3n) is 2.45. The minimum atomic E-state index is 0.284. The lowest BCUT2D eigenvalue weighted by Gasteiger charge is -2.12. The van der Waals surface area contributed by atoms with Crippen molar-refractivity contribution in [1.29, 1.82) is 0 Å². The zero-order valence-corrected chi connectivity index (χ0v) is 13.2. The third-order valence-corrected chi connectivity index (χ3v) is 3.92. The van der Waals surface area contributed by atoms with Crippen LogP contribution in [0.25, 0.3) is 0 Å². The summed E-state index contributed by atoms with van der Waals surface area (Å²) in [5.74, 6) is 0.284. The maximum absolute atomic E-state index is 9.69. The average molecular weight is 391 g/mol. The molecule has 2 nitrogen and oxygen atoms in total. The number of halogens is 3. The number of aromatic hydroxyl groups is 1. The van der Waals surface area contributed by atoms with Crippen LogP contribution in [-0.4, -0.2) is 5.11 Å². The maximum Gasteiger partial charge on any atom is 0.120 e. The summed E-state index contributed by atoms with van der Waals surface area (Å²) in [6, 6.07) is 10.9. The van der Waals surface area contributed by atoms with Gasteiger partial charge in [-0.15, -0.1) is 0 Å². The normalized spacial score (nSPS) is 10.4. The van der Waals surface area contributed by atoms with Crippen LogP contribution in [0.5, 0.6) is 5.75 Å². The zero-order valence-electron chi connectivity index (χ0n) is 9.25. The van der Waals surface area contributed by atoms with E-state index in [4.69, 9.17) is 11.6 Å². The van der Waals surface area contributed by atoms with Crippen LogP contribution in [0.15, 0.2) is 45.3 Å². The number of benzene rings is 2. The molecule has 0 spiro atoms. The van der Waals surface area contributed by atoms with E-state index in [0.29, 0.717) is 11.6 Å². The van der Waals surface area contributed by atoms with Crippen molar-refractivity contribution in [3.05, 3.63) is 55.9 Å². The average Bonchev–Trinajstić information content (AvgIpc) is 2.30. The number of hydrogen-bond acceptors (Lipinski definition) is 2. The van der Waals surface area contributed by atoms with Gasteiger partial charge in [-0.3, -0.25) is 0 Å². The van der Waals surface area contributed by atoms with Crippen LogP contribution in [0.1, 0.15) is 5.56 Å². The summed E-state index contributed by atoms with van der Waals surface area (Å²) in [5, 5.41) is 13.6. The minimum Gasteiger partial charge on any atom is -0.508 e. The molecule has 0 atom stereocenters. The van der Waals surface area contributed by atoms with Crippen molar-refractivity contribution in [2.45, 2.75) is 6.54 Å². The molecule has 2 rings (SSSR count). The standard InChI is InChI=1S/C13H10Br2ClNO/c14-10-5-9(16)6-11(15)13(10)17-7-8-3-1-2-4-12(8)18/h1-6,17-18H,7H2. The van der Waals surface area contributed by atoms with Gasteiger partial charge in [-0.25, -0.2) is 0 Å². The first kappa shape index (κ1) is 13.7. The Balaban J connectivity index is 2.19. The summed E-state index contributed by atoms with van der Waals surface area (Å²) in [7, 11) is 0. The molecule has 94 valence electrons. The molecule has 2 aromatic rings. The van der Waals surface area contributed by atoms with E-state index in [0.717, 1.165) is 20.2 Å². The number of phenols is 1. The summed E-state index contributed by atoms with van der Waals surface area (Å²) in [6.07, 6.45) is 0. The highest BCUT2D eigenvalue weighted by Gasteiger charge is 2.07. The lowest BCUT2D eigenvalue weighted by Crippen LogP contribution is -2.01. The van der Waals surface area contributed by atoms with Crippen molar-refractivity contribution < 1.29 is 5.11 Å². The molecule has 0 amide bonds. The SMILES string of the molecule is Oc1ccccc1CNc1c(Br)cc(Cl)cc1Br. The molecule has 0 aliphatic carbocycles. The number of nitrogens with one attached hydrogen (secondary N) is 1. The van der Waals surface area contributed by atoms with Crippen LogP contribution in [0.2, 0.25) is 5.02 Å². The first-order valence-electron chi connectivity index (χ1n) is 5.23. The minimum absolute atomic E-state index is 0.284. The van der Waals surface area contributed by atoms with Gasteiger partial charge in [0.2, 0.25) is 0 Å². The van der Waals surface area contributed by atoms with Crippen LogP contribution in [0.4, 0.5) is 5.69 Å². The molecule has 0 saturated heterocycles. The molecule has 0 aromatic heterocycles. The molecule has 0 saturated carbocycles. The Hall–Kier alpha value is -0.710. The van der Waals surface area contributed by atoms with Gasteiger partial charge in [-0.1, -0.05) is 29.8 Å². The molecule has 0 aliphatic rings. The Kier molecular flexibility index (Phi) is 4.54. The number of anilines is 1. The van der Waals surface area contributed by atoms with E-state index >= 15 is 0 Å². The van der Waals surface area contributed by atoms with Gasteiger partial charge in [-0.2, -0.15) is 0 Å². The molecule has 0 bridgehead atoms. The molecular weight excluding hydrogens is 381 g/mol. The fourth-order valence-electron chi connectivity index (χ4n) is 1.56. The highest BCUT2D eigenvalue weighted by Crippen LogP contribution is 2.34. The summed E-state index contributed by atoms with van der Waals surface area (Å²) >= 11 is 12.8. The quantitative estimate of drug-likeness (QED) is 0.755. The van der Waals surface area contributed by atoms with Crippen molar-refractivity contribution in [3.63, 3.8) is 0 Å². The molecule has 5 heteroatoms. The van der Waals surface area contributed by atoms with Crippen LogP contribution in [-0.2, 0) is 6.54 Å². The van der Waals surface area contributed by atoms with Gasteiger partial charge >= 0.3 is 0 Å². The van der Waals surface area contributed by atoms with Crippen molar-refractivity contribution in [3.8, 4) is 5.75 Å². The van der Waals surface area contributed by atoms with Crippen LogP contribution < -0.4 is 5.32 Å². The van der Waals surface area contributed by atoms with E-state index < -0.39 is 0 Å². The van der Waals surface area contributed by atoms with E-state index in [2.05, 4.69) is 37.2 Å². The van der Waals surface area contributed by atoms with Crippen molar-refractivity contribution >= 4 is 49.1 Å². The highest BCUT2D eigenvalue weighted by molar-refractivity contribution is 9.11. The Morgan fingerprint density at radius 3 is 2.33 bits per heavy atom. The monoisotopic (exact) mass is 389 g/mol. The molecule has 0 aliphatic heterocycles. The summed E-state index contributed by atoms with van der Waals surface area (Å²) in [6.45, 7) is 0.533. The van der Waals surface area contributed by atoms with E-state index in [1.807, 2.05) is 24.3 Å². The Labute approximate surface area is 127 Å². The Morgan fingerprint density at radius 2 is 1.72 bits per heavy atom. The van der Waals surface area contributed by atoms with Crippen LogP contribution >= 0.6 is 43.5 Å². The topological polar surface area (TPSA) is 32.3 Å². The number of rotatable bonds is 3. The first-order chi connectivity index (χ1) is 8.58. The second-order valence-electron chi connectivity index (χ2n) is 3.73. The first-order valence-corrected chi connectivity index (χ1v) is 7.19. The van der Waals surface area contributed by atoms with Crippen molar-refractivity contribution in [1.82, 2.24) is 0 Å². The predicted molar refractivity (Wildman–Crippen MR) is 82.3 cm³/mol. The lowest BCUT2D eigenvalue weighted by molar-refractivity contribution is 0.469. The molecular formula is C13H10Br2ClNO. The second-order valence-corrected chi connectivity index (χ2v) is 5.87. The van der Waals surface area contributed by atoms with Crippen LogP contribution in [0.3, 0.4) is 0 Å². The molecule has 0 unspecified atom stereocenters. The van der Waals surface area contributed by atoms with E-state index in [9.17, 15) is 5.11 Å². The molecule has 2 aromatic carbocycles. The molecule has 18 heavy (non-hydrogen) atoms. The highest BCUT2D eigenvalue weighted by atomic mass is 79.9. The fraction of sp³-hybridized carbons (Fsp3) is 0.0769. The molecule has 0 radical (unpaired) electrons. The smallest absolute Gasteiger partial charge is 0.120 e. The fourth-order valence-corrected chi connectivity index (χ4v) is 3.50. The van der Waals surface area contributed by atoms with E-state index in [1.165, 1.54) is 0 Å². The van der Waals surface area contributed by atoms with Gasteiger partial charge in [0.05, 0.1) is 5.69 Å². The molecule has 2 N–H and O–H groups in total. The van der Waals surface area contributed by atoms with Crippen molar-refractivity contribution in [2.75, 3.05) is 5.32 Å². The summed E-state index contributed by atoms with van der Waals surface area (Å²) in [5.41, 5.74) is 1.74. The maximum atomic E-state index is 9.69. The van der Waals surface area contributed by atoms with Gasteiger partial charge in [-0.05, 0) is 50.1 Å². The number of phenolic OH excluding ortho intramolecular Hbond substituents is 1. The summed E-state index contributed by atoms with van der Waals surface area (Å²) in [4.78, 5) is 0. The van der Waals surface area contributed by atoms with E-state index in [1.54, 1.807) is 12.1 Å².